The number of carbonyl (C=O) groups is 3. The zero-order chi connectivity index (χ0) is 24.1. The number of aryl methyl sites for hydroxylation is 1. The van der Waals surface area contributed by atoms with Crippen LogP contribution >= 0.6 is 11.8 Å². The van der Waals surface area contributed by atoms with Gasteiger partial charge in [0.1, 0.15) is 12.3 Å². The second kappa shape index (κ2) is 10.4. The number of carboxylic acids is 1. The number of fused-ring (bicyclic) bond motifs is 3. The quantitative estimate of drug-likeness (QED) is 0.402. The van der Waals surface area contributed by atoms with E-state index in [1.54, 1.807) is 0 Å². The van der Waals surface area contributed by atoms with E-state index in [1.807, 2.05) is 24.3 Å². The predicted octanol–water partition coefficient (Wildman–Crippen LogP) is 3.33. The number of amides is 2. The Labute approximate surface area is 200 Å². The van der Waals surface area contributed by atoms with Gasteiger partial charge in [0, 0.05) is 31.3 Å². The molecule has 0 saturated carbocycles. The minimum atomic E-state index is -1.12. The van der Waals surface area contributed by atoms with E-state index >= 15 is 0 Å². The molecule has 0 radical (unpaired) electrons. The fourth-order valence-electron chi connectivity index (χ4n) is 3.95. The number of alkyl carbamates (subject to hydrolysis) is 1. The summed E-state index contributed by atoms with van der Waals surface area (Å²) in [7, 11) is 1.49. The molecule has 0 spiro atoms. The Hall–Kier alpha value is -3.79. The van der Waals surface area contributed by atoms with Gasteiger partial charge in [0.2, 0.25) is 5.91 Å². The number of rotatable bonds is 9. The molecule has 10 heteroatoms. The fourth-order valence-corrected chi connectivity index (χ4v) is 4.60. The molecule has 4 rings (SSSR count). The van der Waals surface area contributed by atoms with Gasteiger partial charge in [-0.2, -0.15) is 16.9 Å². The molecule has 1 aromatic heterocycles. The number of aromatic carboxylic acids is 1. The van der Waals surface area contributed by atoms with E-state index in [0.29, 0.717) is 12.3 Å². The lowest BCUT2D eigenvalue weighted by Gasteiger charge is -2.14. The van der Waals surface area contributed by atoms with Crippen molar-refractivity contribution in [1.82, 2.24) is 15.1 Å². The summed E-state index contributed by atoms with van der Waals surface area (Å²) in [6.45, 7) is 0.596. The second-order valence-corrected chi connectivity index (χ2v) is 8.80. The van der Waals surface area contributed by atoms with Crippen LogP contribution in [0.15, 0.2) is 54.6 Å². The molecule has 3 N–H and O–H groups in total. The third-order valence-electron chi connectivity index (χ3n) is 5.46. The van der Waals surface area contributed by atoms with Crippen molar-refractivity contribution in [3.05, 3.63) is 71.4 Å². The van der Waals surface area contributed by atoms with E-state index in [1.165, 1.54) is 40.7 Å². The van der Waals surface area contributed by atoms with Crippen LogP contribution in [-0.4, -0.2) is 57.5 Å². The smallest absolute Gasteiger partial charge is 0.407 e. The largest absolute Gasteiger partial charge is 0.477 e. The summed E-state index contributed by atoms with van der Waals surface area (Å²) in [5.41, 5.74) is 4.64. The predicted molar refractivity (Wildman–Crippen MR) is 129 cm³/mol. The highest BCUT2D eigenvalue weighted by molar-refractivity contribution is 7.99. The van der Waals surface area contributed by atoms with Crippen LogP contribution in [0.1, 0.15) is 27.5 Å². The molecule has 3 aromatic rings. The number of anilines is 1. The van der Waals surface area contributed by atoms with Gasteiger partial charge in [-0.15, -0.1) is 0 Å². The average Bonchev–Trinajstić information content (AvgIpc) is 3.35. The number of aromatic nitrogens is 2. The number of ether oxygens (including phenoxy) is 1. The highest BCUT2D eigenvalue weighted by Gasteiger charge is 2.28. The summed E-state index contributed by atoms with van der Waals surface area (Å²) in [6.07, 6.45) is -0.499. The molecule has 1 heterocycles. The summed E-state index contributed by atoms with van der Waals surface area (Å²) in [6, 6.07) is 17.6. The van der Waals surface area contributed by atoms with Crippen molar-refractivity contribution in [1.29, 1.82) is 0 Å². The SMILES string of the molecule is Cn1nc(NC(=O)CSCCNC(=O)OCC2c3ccccc3-c3ccccc32)cc1C(=O)O. The molecule has 9 nitrogen and oxygen atoms in total. The Morgan fingerprint density at radius 2 is 1.74 bits per heavy atom. The van der Waals surface area contributed by atoms with Gasteiger partial charge in [-0.05, 0) is 22.3 Å². The van der Waals surface area contributed by atoms with E-state index in [2.05, 4.69) is 40.0 Å². The molecule has 0 unspecified atom stereocenters. The van der Waals surface area contributed by atoms with Gasteiger partial charge < -0.3 is 20.5 Å². The molecule has 1 aliphatic rings. The topological polar surface area (TPSA) is 123 Å². The van der Waals surface area contributed by atoms with Gasteiger partial charge in [-0.1, -0.05) is 48.5 Å². The van der Waals surface area contributed by atoms with Crippen molar-refractivity contribution in [3.63, 3.8) is 0 Å². The van der Waals surface area contributed by atoms with Crippen LogP contribution in [0.2, 0.25) is 0 Å². The molecule has 0 saturated heterocycles. The molecule has 0 bridgehead atoms. The molecule has 1 aliphatic carbocycles. The Kier molecular flexibility index (Phi) is 7.17. The summed E-state index contributed by atoms with van der Waals surface area (Å²) >= 11 is 1.33. The first-order valence-corrected chi connectivity index (χ1v) is 11.8. The monoisotopic (exact) mass is 480 g/mol. The van der Waals surface area contributed by atoms with Gasteiger partial charge >= 0.3 is 12.1 Å². The number of carbonyl (C=O) groups excluding carboxylic acids is 2. The Bertz CT molecular complexity index is 1180. The van der Waals surface area contributed by atoms with Gasteiger partial charge in [0.25, 0.3) is 0 Å². The van der Waals surface area contributed by atoms with Crippen molar-refractivity contribution in [2.45, 2.75) is 5.92 Å². The van der Waals surface area contributed by atoms with Crippen LogP contribution < -0.4 is 10.6 Å². The lowest BCUT2D eigenvalue weighted by atomic mass is 9.98. The van der Waals surface area contributed by atoms with Crippen molar-refractivity contribution in [3.8, 4) is 11.1 Å². The second-order valence-electron chi connectivity index (χ2n) is 7.70. The number of nitrogens with zero attached hydrogens (tertiary/aromatic N) is 2. The van der Waals surface area contributed by atoms with Gasteiger partial charge in [-0.25, -0.2) is 9.59 Å². The highest BCUT2D eigenvalue weighted by atomic mass is 32.2. The molecular weight excluding hydrogens is 456 g/mol. The normalized spacial score (nSPS) is 12.0. The average molecular weight is 481 g/mol. The van der Waals surface area contributed by atoms with Crippen LogP contribution in [0.5, 0.6) is 0 Å². The van der Waals surface area contributed by atoms with E-state index in [9.17, 15) is 14.4 Å². The van der Waals surface area contributed by atoms with Crippen LogP contribution in [0.4, 0.5) is 10.6 Å². The number of benzene rings is 2. The van der Waals surface area contributed by atoms with Crippen molar-refractivity contribution in [2.75, 3.05) is 30.0 Å². The first-order valence-electron chi connectivity index (χ1n) is 10.7. The number of hydrogen-bond donors (Lipinski definition) is 3. The molecule has 2 amide bonds. The summed E-state index contributed by atoms with van der Waals surface area (Å²) in [5.74, 6) is -0.581. The highest BCUT2D eigenvalue weighted by Crippen LogP contribution is 2.44. The zero-order valence-electron chi connectivity index (χ0n) is 18.5. The zero-order valence-corrected chi connectivity index (χ0v) is 19.3. The Morgan fingerprint density at radius 3 is 2.35 bits per heavy atom. The Morgan fingerprint density at radius 1 is 1.09 bits per heavy atom. The van der Waals surface area contributed by atoms with Crippen molar-refractivity contribution >= 4 is 35.5 Å². The summed E-state index contributed by atoms with van der Waals surface area (Å²) < 4.78 is 6.67. The van der Waals surface area contributed by atoms with E-state index < -0.39 is 12.1 Å². The first-order chi connectivity index (χ1) is 16.4. The van der Waals surface area contributed by atoms with E-state index in [4.69, 9.17) is 9.84 Å². The van der Waals surface area contributed by atoms with Crippen molar-refractivity contribution in [2.24, 2.45) is 7.05 Å². The van der Waals surface area contributed by atoms with E-state index in [0.717, 1.165) is 11.1 Å². The number of carboxylic acid groups (broad SMARTS) is 1. The maximum absolute atomic E-state index is 12.2. The molecule has 0 aliphatic heterocycles. The minimum absolute atomic E-state index is 0.00413. The summed E-state index contributed by atoms with van der Waals surface area (Å²) in [4.78, 5) is 35.2. The Balaban J connectivity index is 1.17. The standard InChI is InChI=1S/C24H24N4O5S/c1-28-20(23(30)31)12-21(27-28)26-22(29)14-34-11-10-25-24(32)33-13-19-17-8-4-2-6-15(17)16-7-3-5-9-18(16)19/h2-9,12,19H,10-11,13-14H2,1H3,(H,25,32)(H,30,31)(H,26,27,29). The van der Waals surface area contributed by atoms with Crippen LogP contribution in [0, 0.1) is 0 Å². The van der Waals surface area contributed by atoms with Crippen LogP contribution in [0.3, 0.4) is 0 Å². The number of thioether (sulfide) groups is 1. The molecule has 2 aromatic carbocycles. The van der Waals surface area contributed by atoms with Gasteiger partial charge in [0.05, 0.1) is 5.75 Å². The van der Waals surface area contributed by atoms with Crippen molar-refractivity contribution < 1.29 is 24.2 Å². The lowest BCUT2D eigenvalue weighted by molar-refractivity contribution is -0.113. The van der Waals surface area contributed by atoms with E-state index in [-0.39, 0.29) is 35.7 Å². The molecule has 0 atom stereocenters. The first kappa shape index (κ1) is 23.4. The minimum Gasteiger partial charge on any atom is -0.477 e. The molecular formula is C24H24N4O5S. The lowest BCUT2D eigenvalue weighted by Crippen LogP contribution is -2.28. The molecule has 176 valence electrons. The third kappa shape index (κ3) is 5.23. The summed E-state index contributed by atoms with van der Waals surface area (Å²) in [5, 5.41) is 18.2. The third-order valence-corrected chi connectivity index (χ3v) is 6.42. The molecule has 34 heavy (non-hydrogen) atoms. The van der Waals surface area contributed by atoms with Gasteiger partial charge in [0.15, 0.2) is 5.82 Å². The molecule has 0 fully saturated rings. The number of hydrogen-bond acceptors (Lipinski definition) is 6. The maximum Gasteiger partial charge on any atom is 0.407 e. The van der Waals surface area contributed by atoms with Crippen LogP contribution in [-0.2, 0) is 16.6 Å². The van der Waals surface area contributed by atoms with Crippen LogP contribution in [0.25, 0.3) is 11.1 Å². The fraction of sp³-hybridized carbons (Fsp3) is 0.250. The van der Waals surface area contributed by atoms with Gasteiger partial charge in [-0.3, -0.25) is 9.48 Å². The number of nitrogens with one attached hydrogen (secondary N) is 2. The maximum atomic E-state index is 12.2.